The van der Waals surface area contributed by atoms with Crippen LogP contribution in [0.1, 0.15) is 30.7 Å². The molecule has 0 radical (unpaired) electrons. The smallest absolute Gasteiger partial charge is 0.317 e. The van der Waals surface area contributed by atoms with Crippen molar-refractivity contribution < 1.29 is 28.5 Å². The van der Waals surface area contributed by atoms with Gasteiger partial charge in [0, 0.05) is 36.0 Å². The van der Waals surface area contributed by atoms with Gasteiger partial charge < -0.3 is 18.9 Å². The van der Waals surface area contributed by atoms with Gasteiger partial charge in [-0.05, 0) is 12.5 Å². The number of hydrogen-bond donors (Lipinski definition) is 0. The summed E-state index contributed by atoms with van der Waals surface area (Å²) in [5, 5.41) is 0. The Hall–Kier alpha value is -2.50. The fraction of sp³-hybridized carbons (Fsp3) is 0.444. The van der Waals surface area contributed by atoms with Gasteiger partial charge in [0.15, 0.2) is 5.78 Å². The first kappa shape index (κ1) is 15.1. The number of hydrogen-bond acceptors (Lipinski definition) is 6. The minimum atomic E-state index is -0.785. The van der Waals surface area contributed by atoms with Crippen molar-refractivity contribution in [3.8, 4) is 11.5 Å². The Labute approximate surface area is 139 Å². The number of Topliss-reactive ketones (excluding diaryl/α,β-unsaturated/α-hetero) is 1. The maximum Gasteiger partial charge on any atom is 0.317 e. The lowest BCUT2D eigenvalue weighted by Gasteiger charge is -2.44. The molecule has 2 bridgehead atoms. The van der Waals surface area contributed by atoms with Crippen LogP contribution in [0.2, 0.25) is 0 Å². The number of rotatable bonds is 2. The van der Waals surface area contributed by atoms with Crippen LogP contribution in [0.4, 0.5) is 0 Å². The average molecular weight is 330 g/mol. The summed E-state index contributed by atoms with van der Waals surface area (Å²) in [6.07, 6.45) is 1.14. The molecule has 0 amide bonds. The molecule has 6 nitrogen and oxygen atoms in total. The van der Waals surface area contributed by atoms with E-state index in [1.807, 2.05) is 6.07 Å². The topological polar surface area (TPSA) is 71.1 Å². The van der Waals surface area contributed by atoms with Gasteiger partial charge in [0.05, 0.1) is 14.2 Å². The molecule has 0 spiro atoms. The normalized spacial score (nSPS) is 27.4. The molecule has 0 saturated carbocycles. The van der Waals surface area contributed by atoms with Crippen LogP contribution in [0, 0.1) is 5.92 Å². The van der Waals surface area contributed by atoms with E-state index in [2.05, 4.69) is 0 Å². The van der Waals surface area contributed by atoms with E-state index in [0.717, 1.165) is 12.0 Å². The average Bonchev–Trinajstić information content (AvgIpc) is 2.59. The minimum absolute atomic E-state index is 0.0391. The van der Waals surface area contributed by atoms with Gasteiger partial charge in [-0.3, -0.25) is 9.59 Å². The maximum atomic E-state index is 12.6. The van der Waals surface area contributed by atoms with Crippen molar-refractivity contribution in [3.63, 3.8) is 0 Å². The van der Waals surface area contributed by atoms with Crippen LogP contribution < -0.4 is 9.47 Å². The molecular weight excluding hydrogens is 312 g/mol. The van der Waals surface area contributed by atoms with E-state index in [1.165, 1.54) is 7.11 Å². The Morgan fingerprint density at radius 1 is 1.21 bits per heavy atom. The van der Waals surface area contributed by atoms with Crippen molar-refractivity contribution in [1.29, 1.82) is 0 Å². The number of methoxy groups -OCH3 is 2. The van der Waals surface area contributed by atoms with E-state index < -0.39 is 24.1 Å². The van der Waals surface area contributed by atoms with Crippen LogP contribution >= 0.6 is 0 Å². The number of allylic oxidation sites excluding steroid dienone is 2. The molecule has 24 heavy (non-hydrogen) atoms. The molecule has 1 aromatic carbocycles. The van der Waals surface area contributed by atoms with Crippen molar-refractivity contribution in [2.24, 2.45) is 5.92 Å². The predicted octanol–water partition coefficient (Wildman–Crippen LogP) is 2.32. The molecule has 0 saturated heterocycles. The molecular formula is C18H18O6. The molecule has 0 N–H and O–H groups in total. The second kappa shape index (κ2) is 5.54. The molecule has 3 atom stereocenters. The standard InChI is InChI=1S/C18H18O6/c1-21-9-6-7-10-13(8-9)24-18-16(17(20)22-2)14(10)15-11(19)4-3-5-12(15)23-18/h6-8,14,16,18H,3-5H2,1-2H3/t14-,16?,18-/m0/s1. The number of benzene rings is 1. The third-order valence-corrected chi connectivity index (χ3v) is 4.90. The fourth-order valence-corrected chi connectivity index (χ4v) is 3.81. The highest BCUT2D eigenvalue weighted by molar-refractivity contribution is 5.99. The molecule has 1 aromatic rings. The SMILES string of the molecule is COC(=O)C1[C@H]2OC3=C(C(=O)CCC3)[C@@H]1c1ccc(OC)cc1O2. The van der Waals surface area contributed by atoms with Crippen LogP contribution in [-0.2, 0) is 19.1 Å². The van der Waals surface area contributed by atoms with E-state index in [-0.39, 0.29) is 5.78 Å². The molecule has 3 aliphatic rings. The van der Waals surface area contributed by atoms with Gasteiger partial charge in [-0.25, -0.2) is 0 Å². The largest absolute Gasteiger partial charge is 0.497 e. The van der Waals surface area contributed by atoms with Crippen LogP contribution in [0.25, 0.3) is 0 Å². The number of carbonyl (C=O) groups is 2. The second-order valence-corrected chi connectivity index (χ2v) is 6.15. The zero-order chi connectivity index (χ0) is 16.8. The molecule has 0 aromatic heterocycles. The Bertz CT molecular complexity index is 750. The van der Waals surface area contributed by atoms with Crippen molar-refractivity contribution in [1.82, 2.24) is 0 Å². The Morgan fingerprint density at radius 3 is 2.79 bits per heavy atom. The van der Waals surface area contributed by atoms with Gasteiger partial charge in [-0.1, -0.05) is 6.07 Å². The van der Waals surface area contributed by atoms with Crippen molar-refractivity contribution >= 4 is 11.8 Å². The van der Waals surface area contributed by atoms with Crippen LogP contribution in [0.5, 0.6) is 11.5 Å². The zero-order valence-electron chi connectivity index (χ0n) is 13.5. The fourth-order valence-electron chi connectivity index (χ4n) is 3.81. The van der Waals surface area contributed by atoms with Crippen molar-refractivity contribution in [2.45, 2.75) is 31.5 Å². The van der Waals surface area contributed by atoms with Gasteiger partial charge in [0.1, 0.15) is 23.2 Å². The third-order valence-electron chi connectivity index (χ3n) is 4.90. The summed E-state index contributed by atoms with van der Waals surface area (Å²) < 4.78 is 22.0. The highest BCUT2D eigenvalue weighted by Gasteiger charge is 2.53. The van der Waals surface area contributed by atoms with Crippen molar-refractivity contribution in [3.05, 3.63) is 35.1 Å². The Morgan fingerprint density at radius 2 is 2.04 bits per heavy atom. The summed E-state index contributed by atoms with van der Waals surface area (Å²) >= 11 is 0. The lowest BCUT2D eigenvalue weighted by atomic mass is 9.72. The van der Waals surface area contributed by atoms with Crippen LogP contribution in [-0.4, -0.2) is 32.3 Å². The first-order valence-electron chi connectivity index (χ1n) is 7.99. The highest BCUT2D eigenvalue weighted by Crippen LogP contribution is 2.52. The quantitative estimate of drug-likeness (QED) is 0.775. The minimum Gasteiger partial charge on any atom is -0.497 e. The zero-order valence-corrected chi connectivity index (χ0v) is 13.5. The van der Waals surface area contributed by atoms with Crippen molar-refractivity contribution in [2.75, 3.05) is 14.2 Å². The van der Waals surface area contributed by atoms with E-state index >= 15 is 0 Å². The monoisotopic (exact) mass is 330 g/mol. The summed E-state index contributed by atoms with van der Waals surface area (Å²) in [6.45, 7) is 0. The summed E-state index contributed by atoms with van der Waals surface area (Å²) in [5.74, 6) is 0.406. The molecule has 126 valence electrons. The maximum absolute atomic E-state index is 12.6. The summed E-state index contributed by atoms with van der Waals surface area (Å²) in [6, 6.07) is 5.41. The van der Waals surface area contributed by atoms with Gasteiger partial charge in [0.25, 0.3) is 6.29 Å². The van der Waals surface area contributed by atoms with Crippen LogP contribution in [0.3, 0.4) is 0 Å². The summed E-state index contributed by atoms with van der Waals surface area (Å²) in [5.41, 5.74) is 1.40. The van der Waals surface area contributed by atoms with E-state index in [9.17, 15) is 9.59 Å². The van der Waals surface area contributed by atoms with Gasteiger partial charge in [-0.15, -0.1) is 0 Å². The molecule has 2 aliphatic heterocycles. The first-order chi connectivity index (χ1) is 11.6. The first-order valence-corrected chi connectivity index (χ1v) is 7.99. The Kier molecular flexibility index (Phi) is 3.48. The number of ketones is 1. The van der Waals surface area contributed by atoms with Crippen LogP contribution in [0.15, 0.2) is 29.5 Å². The van der Waals surface area contributed by atoms with E-state index in [1.54, 1.807) is 19.2 Å². The number of ether oxygens (including phenoxy) is 4. The summed E-state index contributed by atoms with van der Waals surface area (Å²) in [4.78, 5) is 24.9. The lowest BCUT2D eigenvalue weighted by molar-refractivity contribution is -0.170. The number of carbonyl (C=O) groups excluding carboxylic acids is 2. The molecule has 1 unspecified atom stereocenters. The van der Waals surface area contributed by atoms with Gasteiger partial charge in [0.2, 0.25) is 0 Å². The second-order valence-electron chi connectivity index (χ2n) is 6.15. The molecule has 2 heterocycles. The van der Waals surface area contributed by atoms with Gasteiger partial charge >= 0.3 is 5.97 Å². The lowest BCUT2D eigenvalue weighted by Crippen LogP contribution is -2.48. The summed E-state index contributed by atoms with van der Waals surface area (Å²) in [7, 11) is 2.91. The number of fused-ring (bicyclic) bond motifs is 5. The Balaban J connectivity index is 1.90. The predicted molar refractivity (Wildman–Crippen MR) is 82.6 cm³/mol. The van der Waals surface area contributed by atoms with E-state index in [4.69, 9.17) is 18.9 Å². The molecule has 4 rings (SSSR count). The highest BCUT2D eigenvalue weighted by atomic mass is 16.7. The van der Waals surface area contributed by atoms with Gasteiger partial charge in [-0.2, -0.15) is 0 Å². The molecule has 0 fully saturated rings. The molecule has 1 aliphatic carbocycles. The van der Waals surface area contributed by atoms with E-state index in [0.29, 0.717) is 35.7 Å². The number of esters is 1. The third kappa shape index (κ3) is 2.09. The molecule has 6 heteroatoms.